The number of ether oxygens (including phenoxy) is 5. The van der Waals surface area contributed by atoms with Crippen molar-refractivity contribution in [1.82, 2.24) is 5.32 Å². The summed E-state index contributed by atoms with van der Waals surface area (Å²) in [4.78, 5) is 56.6. The molecule has 0 aromatic heterocycles. The largest absolute Gasteiger partial charge is 0.463 e. The van der Waals surface area contributed by atoms with Crippen LogP contribution in [0.3, 0.4) is 0 Å². The summed E-state index contributed by atoms with van der Waals surface area (Å²) in [6.45, 7) is 6.90. The molecule has 1 N–H and O–H groups in total. The van der Waals surface area contributed by atoms with Crippen molar-refractivity contribution in [3.8, 4) is 0 Å². The van der Waals surface area contributed by atoms with Gasteiger partial charge < -0.3 is 29.0 Å². The Morgan fingerprint density at radius 2 is 1.19 bits per heavy atom. The van der Waals surface area contributed by atoms with E-state index in [1.54, 1.807) is 0 Å². The standard InChI is InChI=1S/C16H25NO10/c1-8(7-23-10(3)19)24-15(25-11(4)20)14(17-9(2)18)16(26-12(5)21)27-13(6)22/h8,14-16H,7H2,1-6H3,(H,17,18). The first-order chi connectivity index (χ1) is 12.4. The van der Waals surface area contributed by atoms with Gasteiger partial charge in [-0.25, -0.2) is 0 Å². The maximum Gasteiger partial charge on any atom is 0.305 e. The number of carbonyl (C=O) groups excluding carboxylic acids is 5. The van der Waals surface area contributed by atoms with Crippen molar-refractivity contribution in [2.24, 2.45) is 0 Å². The second-order valence-electron chi connectivity index (χ2n) is 5.54. The fourth-order valence-corrected chi connectivity index (χ4v) is 1.85. The Balaban J connectivity index is 5.63. The zero-order valence-corrected chi connectivity index (χ0v) is 16.1. The fourth-order valence-electron chi connectivity index (χ4n) is 1.85. The van der Waals surface area contributed by atoms with Crippen molar-refractivity contribution in [1.29, 1.82) is 0 Å². The highest BCUT2D eigenvalue weighted by Gasteiger charge is 2.39. The highest BCUT2D eigenvalue weighted by molar-refractivity contribution is 5.74. The number of esters is 4. The number of hydrogen-bond donors (Lipinski definition) is 1. The van der Waals surface area contributed by atoms with Gasteiger partial charge in [-0.05, 0) is 6.92 Å². The summed E-state index contributed by atoms with van der Waals surface area (Å²) in [6, 6.07) is -1.38. The molecule has 0 bridgehead atoms. The lowest BCUT2D eigenvalue weighted by atomic mass is 10.2. The van der Waals surface area contributed by atoms with Crippen LogP contribution in [-0.4, -0.2) is 61.1 Å². The number of carbonyl (C=O) groups is 5. The van der Waals surface area contributed by atoms with Gasteiger partial charge >= 0.3 is 23.9 Å². The van der Waals surface area contributed by atoms with Crippen LogP contribution in [0.25, 0.3) is 0 Å². The molecule has 11 nitrogen and oxygen atoms in total. The summed E-state index contributed by atoms with van der Waals surface area (Å²) in [5, 5.41) is 2.36. The van der Waals surface area contributed by atoms with Gasteiger partial charge in [0.15, 0.2) is 6.04 Å². The summed E-state index contributed by atoms with van der Waals surface area (Å²) >= 11 is 0. The van der Waals surface area contributed by atoms with E-state index in [9.17, 15) is 24.0 Å². The molecular formula is C16H25NO10. The van der Waals surface area contributed by atoms with Crippen molar-refractivity contribution < 1.29 is 47.7 Å². The SMILES string of the molecule is CC(=O)NC(C(OC(C)=O)OC(C)=O)C(OC(C)=O)OC(C)COC(C)=O. The van der Waals surface area contributed by atoms with E-state index in [0.717, 1.165) is 27.7 Å². The zero-order valence-electron chi connectivity index (χ0n) is 16.1. The van der Waals surface area contributed by atoms with Gasteiger partial charge in [0.25, 0.3) is 6.29 Å². The summed E-state index contributed by atoms with van der Waals surface area (Å²) in [5.74, 6) is -3.56. The zero-order chi connectivity index (χ0) is 21.1. The van der Waals surface area contributed by atoms with Gasteiger partial charge in [0.2, 0.25) is 12.2 Å². The third kappa shape index (κ3) is 11.5. The lowest BCUT2D eigenvalue weighted by molar-refractivity contribution is -0.235. The minimum Gasteiger partial charge on any atom is -0.463 e. The molecule has 0 aliphatic rings. The van der Waals surface area contributed by atoms with Crippen LogP contribution in [-0.2, 0) is 47.7 Å². The summed E-state index contributed by atoms with van der Waals surface area (Å²) < 4.78 is 25.2. The Hall–Kier alpha value is -2.69. The molecule has 3 unspecified atom stereocenters. The molecule has 0 aliphatic heterocycles. The monoisotopic (exact) mass is 391 g/mol. The van der Waals surface area contributed by atoms with Crippen molar-refractivity contribution in [2.45, 2.75) is 66.3 Å². The van der Waals surface area contributed by atoms with Gasteiger partial charge in [-0.3, -0.25) is 24.0 Å². The van der Waals surface area contributed by atoms with E-state index in [2.05, 4.69) is 5.32 Å². The third-order valence-corrected chi connectivity index (χ3v) is 2.69. The molecule has 0 aliphatic carbocycles. The predicted molar refractivity (Wildman–Crippen MR) is 87.7 cm³/mol. The van der Waals surface area contributed by atoms with Crippen molar-refractivity contribution >= 4 is 29.8 Å². The molecule has 0 aromatic rings. The van der Waals surface area contributed by atoms with E-state index in [1.807, 2.05) is 0 Å². The summed E-state index contributed by atoms with van der Waals surface area (Å²) in [5.41, 5.74) is 0. The van der Waals surface area contributed by atoms with Gasteiger partial charge in [-0.1, -0.05) is 0 Å². The van der Waals surface area contributed by atoms with Gasteiger partial charge in [-0.2, -0.15) is 0 Å². The molecule has 154 valence electrons. The molecule has 0 radical (unpaired) electrons. The summed E-state index contributed by atoms with van der Waals surface area (Å²) in [7, 11) is 0. The molecule has 0 spiro atoms. The molecule has 27 heavy (non-hydrogen) atoms. The first kappa shape index (κ1) is 24.3. The van der Waals surface area contributed by atoms with Crippen LogP contribution in [0.1, 0.15) is 41.5 Å². The lowest BCUT2D eigenvalue weighted by Crippen LogP contribution is -2.56. The highest BCUT2D eigenvalue weighted by atomic mass is 16.7. The van der Waals surface area contributed by atoms with Gasteiger partial charge in [0.05, 0.1) is 6.10 Å². The fraction of sp³-hybridized carbons (Fsp3) is 0.688. The van der Waals surface area contributed by atoms with Crippen LogP contribution in [0.5, 0.6) is 0 Å². The summed E-state index contributed by atoms with van der Waals surface area (Å²) in [6.07, 6.45) is -3.92. The van der Waals surface area contributed by atoms with Crippen molar-refractivity contribution in [3.05, 3.63) is 0 Å². The van der Waals surface area contributed by atoms with Gasteiger partial charge in [0, 0.05) is 34.6 Å². The number of rotatable bonds is 10. The van der Waals surface area contributed by atoms with Crippen molar-refractivity contribution in [2.75, 3.05) is 6.61 Å². The van der Waals surface area contributed by atoms with Crippen LogP contribution in [0, 0.1) is 0 Å². The van der Waals surface area contributed by atoms with E-state index in [-0.39, 0.29) is 6.61 Å². The van der Waals surface area contributed by atoms with E-state index in [1.165, 1.54) is 13.8 Å². The van der Waals surface area contributed by atoms with Gasteiger partial charge in [-0.15, -0.1) is 0 Å². The maximum atomic E-state index is 11.6. The van der Waals surface area contributed by atoms with E-state index >= 15 is 0 Å². The normalized spacial score (nSPS) is 13.7. The molecule has 0 aromatic carbocycles. The number of hydrogen-bond acceptors (Lipinski definition) is 10. The van der Waals surface area contributed by atoms with Crippen molar-refractivity contribution in [3.63, 3.8) is 0 Å². The predicted octanol–water partition coefficient (Wildman–Crippen LogP) is -0.199. The Bertz CT molecular complexity index is 545. The van der Waals surface area contributed by atoms with E-state index < -0.39 is 54.5 Å². The molecule has 0 rings (SSSR count). The smallest absolute Gasteiger partial charge is 0.305 e. The van der Waals surface area contributed by atoms with E-state index in [4.69, 9.17) is 23.7 Å². The quantitative estimate of drug-likeness (QED) is 0.302. The Kier molecular flexibility index (Phi) is 10.7. The van der Waals surface area contributed by atoms with Crippen LogP contribution in [0.2, 0.25) is 0 Å². The highest BCUT2D eigenvalue weighted by Crippen LogP contribution is 2.15. The first-order valence-electron chi connectivity index (χ1n) is 8.00. The Morgan fingerprint density at radius 1 is 0.741 bits per heavy atom. The average Bonchev–Trinajstić information content (AvgIpc) is 2.47. The van der Waals surface area contributed by atoms with Crippen LogP contribution < -0.4 is 5.32 Å². The molecule has 0 fully saturated rings. The second-order valence-corrected chi connectivity index (χ2v) is 5.54. The molecular weight excluding hydrogens is 366 g/mol. The van der Waals surface area contributed by atoms with Gasteiger partial charge in [0.1, 0.15) is 6.61 Å². The Labute approximate surface area is 156 Å². The van der Waals surface area contributed by atoms with Crippen LogP contribution >= 0.6 is 0 Å². The number of nitrogens with one attached hydrogen (secondary N) is 1. The first-order valence-corrected chi connectivity index (χ1v) is 8.00. The maximum absolute atomic E-state index is 11.6. The third-order valence-electron chi connectivity index (χ3n) is 2.69. The molecule has 11 heteroatoms. The minimum atomic E-state index is -1.63. The van der Waals surface area contributed by atoms with Crippen LogP contribution in [0.4, 0.5) is 0 Å². The second kappa shape index (κ2) is 11.8. The molecule has 0 saturated carbocycles. The van der Waals surface area contributed by atoms with Crippen LogP contribution in [0.15, 0.2) is 0 Å². The number of amides is 1. The molecule has 3 atom stereocenters. The van der Waals surface area contributed by atoms with E-state index in [0.29, 0.717) is 0 Å². The lowest BCUT2D eigenvalue weighted by Gasteiger charge is -2.33. The molecule has 0 saturated heterocycles. The Morgan fingerprint density at radius 3 is 1.56 bits per heavy atom. The molecule has 1 amide bonds. The topological polar surface area (TPSA) is 144 Å². The minimum absolute atomic E-state index is 0.175. The molecule has 0 heterocycles. The average molecular weight is 391 g/mol.